The van der Waals surface area contributed by atoms with Crippen molar-refractivity contribution in [3.05, 3.63) is 11.7 Å². The second-order valence-corrected chi connectivity index (χ2v) is 5.37. The van der Waals surface area contributed by atoms with E-state index in [1.807, 2.05) is 6.92 Å². The van der Waals surface area contributed by atoms with Gasteiger partial charge in [0.05, 0.1) is 6.54 Å². The Balaban J connectivity index is 2.01. The highest BCUT2D eigenvalue weighted by atomic mass is 16.5. The number of hydrogen-bond acceptors (Lipinski definition) is 5. The summed E-state index contributed by atoms with van der Waals surface area (Å²) < 4.78 is 5.19. The maximum Gasteiger partial charge on any atom is 0.226 e. The second kappa shape index (κ2) is 7.01. The molecule has 2 atom stereocenters. The van der Waals surface area contributed by atoms with Crippen LogP contribution in [0.15, 0.2) is 4.52 Å². The molecule has 1 aromatic heterocycles. The fourth-order valence-corrected chi connectivity index (χ4v) is 3.09. The smallest absolute Gasteiger partial charge is 0.226 e. The Kier molecular flexibility index (Phi) is 5.34. The first-order valence-electron chi connectivity index (χ1n) is 7.54. The Hall–Kier alpha value is -0.940. The number of rotatable bonds is 6. The van der Waals surface area contributed by atoms with Crippen molar-refractivity contribution in [2.75, 3.05) is 13.1 Å². The molecule has 0 aromatic carbocycles. The van der Waals surface area contributed by atoms with Crippen molar-refractivity contribution >= 4 is 0 Å². The van der Waals surface area contributed by atoms with Crippen LogP contribution < -0.4 is 5.73 Å². The highest BCUT2D eigenvalue weighted by Gasteiger charge is 2.29. The van der Waals surface area contributed by atoms with Crippen LogP contribution in [0.5, 0.6) is 0 Å². The Bertz CT molecular complexity index is 379. The molecule has 0 radical (unpaired) electrons. The van der Waals surface area contributed by atoms with Gasteiger partial charge in [-0.3, -0.25) is 4.90 Å². The minimum Gasteiger partial charge on any atom is -0.339 e. The fraction of sp³-hybridized carbons (Fsp3) is 0.857. The lowest BCUT2D eigenvalue weighted by molar-refractivity contribution is 0.102. The molecule has 0 bridgehead atoms. The van der Waals surface area contributed by atoms with Crippen molar-refractivity contribution in [3.63, 3.8) is 0 Å². The van der Waals surface area contributed by atoms with Crippen LogP contribution in [0.3, 0.4) is 0 Å². The minimum atomic E-state index is 0.576. The third kappa shape index (κ3) is 3.54. The Morgan fingerprint density at radius 2 is 2.11 bits per heavy atom. The van der Waals surface area contributed by atoms with Crippen LogP contribution in [-0.2, 0) is 13.0 Å². The van der Waals surface area contributed by atoms with E-state index >= 15 is 0 Å². The van der Waals surface area contributed by atoms with E-state index in [-0.39, 0.29) is 0 Å². The van der Waals surface area contributed by atoms with Crippen molar-refractivity contribution in [1.82, 2.24) is 15.0 Å². The van der Waals surface area contributed by atoms with E-state index in [9.17, 15) is 0 Å². The van der Waals surface area contributed by atoms with Crippen LogP contribution in [0.1, 0.15) is 51.2 Å². The third-order valence-electron chi connectivity index (χ3n) is 4.20. The number of aryl methyl sites for hydroxylation is 1. The van der Waals surface area contributed by atoms with Gasteiger partial charge in [-0.25, -0.2) is 0 Å². The van der Waals surface area contributed by atoms with E-state index in [1.54, 1.807) is 0 Å². The maximum absolute atomic E-state index is 5.93. The Labute approximate surface area is 115 Å². The lowest BCUT2D eigenvalue weighted by Gasteiger charge is -2.38. The van der Waals surface area contributed by atoms with Crippen LogP contribution in [0.2, 0.25) is 0 Å². The predicted molar refractivity (Wildman–Crippen MR) is 74.6 cm³/mol. The van der Waals surface area contributed by atoms with E-state index in [4.69, 9.17) is 10.3 Å². The summed E-state index contributed by atoms with van der Waals surface area (Å²) >= 11 is 0. The first-order valence-corrected chi connectivity index (χ1v) is 7.54. The van der Waals surface area contributed by atoms with Gasteiger partial charge in [-0.1, -0.05) is 31.8 Å². The minimum absolute atomic E-state index is 0.576. The summed E-state index contributed by atoms with van der Waals surface area (Å²) in [5, 5.41) is 4.06. The highest BCUT2D eigenvalue weighted by Crippen LogP contribution is 2.28. The molecule has 1 fully saturated rings. The lowest BCUT2D eigenvalue weighted by Crippen LogP contribution is -2.44. The average Bonchev–Trinajstić information content (AvgIpc) is 2.92. The molecule has 5 heteroatoms. The molecule has 2 N–H and O–H groups in total. The Morgan fingerprint density at radius 3 is 2.74 bits per heavy atom. The monoisotopic (exact) mass is 266 g/mol. The molecule has 0 spiro atoms. The molecule has 1 saturated carbocycles. The maximum atomic E-state index is 5.93. The average molecular weight is 266 g/mol. The molecule has 0 aliphatic heterocycles. The van der Waals surface area contributed by atoms with Crippen LogP contribution in [0.25, 0.3) is 0 Å². The van der Waals surface area contributed by atoms with Crippen LogP contribution >= 0.6 is 0 Å². The van der Waals surface area contributed by atoms with Gasteiger partial charge in [0.1, 0.15) is 0 Å². The summed E-state index contributed by atoms with van der Waals surface area (Å²) in [5.41, 5.74) is 5.93. The molecular formula is C14H26N4O. The van der Waals surface area contributed by atoms with E-state index in [0.29, 0.717) is 12.0 Å². The van der Waals surface area contributed by atoms with Crippen LogP contribution in [-0.4, -0.2) is 34.2 Å². The van der Waals surface area contributed by atoms with Gasteiger partial charge in [0, 0.05) is 12.5 Å². The number of hydrogen-bond donors (Lipinski definition) is 1. The standard InChI is InChI=1S/C14H26N4O/c1-3-14-16-13(17-19-14)10-18(4-2)12-8-6-5-7-11(12)9-15/h11-12H,3-10,15H2,1-2H3. The molecule has 5 nitrogen and oxygen atoms in total. The van der Waals surface area contributed by atoms with Gasteiger partial charge in [0.15, 0.2) is 5.82 Å². The number of nitrogens with zero attached hydrogens (tertiary/aromatic N) is 3. The van der Waals surface area contributed by atoms with E-state index in [0.717, 1.165) is 37.8 Å². The van der Waals surface area contributed by atoms with E-state index < -0.39 is 0 Å². The van der Waals surface area contributed by atoms with Gasteiger partial charge in [-0.05, 0) is 31.8 Å². The van der Waals surface area contributed by atoms with E-state index in [1.165, 1.54) is 25.7 Å². The van der Waals surface area contributed by atoms with Crippen molar-refractivity contribution < 1.29 is 4.52 Å². The first-order chi connectivity index (χ1) is 9.28. The molecule has 0 amide bonds. The molecule has 1 aliphatic carbocycles. The van der Waals surface area contributed by atoms with Crippen molar-refractivity contribution in [2.24, 2.45) is 11.7 Å². The third-order valence-corrected chi connectivity index (χ3v) is 4.20. The molecule has 2 unspecified atom stereocenters. The van der Waals surface area contributed by atoms with Gasteiger partial charge < -0.3 is 10.3 Å². The van der Waals surface area contributed by atoms with Crippen LogP contribution in [0, 0.1) is 5.92 Å². The number of aromatic nitrogens is 2. The molecular weight excluding hydrogens is 240 g/mol. The predicted octanol–water partition coefficient (Wildman–Crippen LogP) is 1.97. The molecule has 0 saturated heterocycles. The molecule has 1 heterocycles. The summed E-state index contributed by atoms with van der Waals surface area (Å²) in [7, 11) is 0. The molecule has 108 valence electrons. The summed E-state index contributed by atoms with van der Waals surface area (Å²) in [4.78, 5) is 6.87. The quantitative estimate of drug-likeness (QED) is 0.852. The first kappa shape index (κ1) is 14.5. The van der Waals surface area contributed by atoms with Crippen molar-refractivity contribution in [2.45, 2.75) is 58.5 Å². The van der Waals surface area contributed by atoms with Gasteiger partial charge >= 0.3 is 0 Å². The van der Waals surface area contributed by atoms with Crippen molar-refractivity contribution in [1.29, 1.82) is 0 Å². The number of nitrogens with two attached hydrogens (primary N) is 1. The summed E-state index contributed by atoms with van der Waals surface area (Å²) in [6.07, 6.45) is 5.93. The normalized spacial score (nSPS) is 24.0. The second-order valence-electron chi connectivity index (χ2n) is 5.37. The van der Waals surface area contributed by atoms with Crippen molar-refractivity contribution in [3.8, 4) is 0 Å². The zero-order chi connectivity index (χ0) is 13.7. The summed E-state index contributed by atoms with van der Waals surface area (Å²) in [5.74, 6) is 2.15. The van der Waals surface area contributed by atoms with Gasteiger partial charge in [-0.2, -0.15) is 4.98 Å². The van der Waals surface area contributed by atoms with Gasteiger partial charge in [0.2, 0.25) is 5.89 Å². The van der Waals surface area contributed by atoms with Crippen LogP contribution in [0.4, 0.5) is 0 Å². The Morgan fingerprint density at radius 1 is 1.32 bits per heavy atom. The zero-order valence-electron chi connectivity index (χ0n) is 12.1. The van der Waals surface area contributed by atoms with E-state index in [2.05, 4.69) is 22.0 Å². The lowest BCUT2D eigenvalue weighted by atomic mass is 9.83. The molecule has 1 aliphatic rings. The molecule has 2 rings (SSSR count). The highest BCUT2D eigenvalue weighted by molar-refractivity contribution is 4.90. The summed E-state index contributed by atoms with van der Waals surface area (Å²) in [6.45, 7) is 6.80. The topological polar surface area (TPSA) is 68.2 Å². The van der Waals surface area contributed by atoms with Gasteiger partial charge in [0.25, 0.3) is 0 Å². The SMILES string of the molecule is CCc1nc(CN(CC)C2CCCCC2CN)no1. The zero-order valence-corrected chi connectivity index (χ0v) is 12.1. The summed E-state index contributed by atoms with van der Waals surface area (Å²) in [6, 6.07) is 0.576. The largest absolute Gasteiger partial charge is 0.339 e. The molecule has 1 aromatic rings. The molecule has 19 heavy (non-hydrogen) atoms. The fourth-order valence-electron chi connectivity index (χ4n) is 3.09. The van der Waals surface area contributed by atoms with Gasteiger partial charge in [-0.15, -0.1) is 0 Å².